The zero-order chi connectivity index (χ0) is 13.7. The molecule has 0 spiro atoms. The summed E-state index contributed by atoms with van der Waals surface area (Å²) in [6.07, 6.45) is -0.624. The monoisotopic (exact) mass is 284 g/mol. The summed E-state index contributed by atoms with van der Waals surface area (Å²) < 4.78 is 5.46. The maximum atomic E-state index is 11.2. The normalized spacial score (nSPS) is 17.9. The van der Waals surface area contributed by atoms with Gasteiger partial charge in [-0.15, -0.1) is 0 Å². The first-order valence-electron chi connectivity index (χ1n) is 6.19. The standard InChI is InChI=1S/C13H17ClN2O3/c14-10-1-3-12(4-2-10)19-9-11(17)7-16-6-5-15-13(18)8-16/h1-4,11,17H,5-9H2,(H,15,18). The third kappa shape index (κ3) is 4.70. The SMILES string of the molecule is O=C1CN(CC(O)COc2ccc(Cl)cc2)CCN1. The van der Waals surface area contributed by atoms with Crippen LogP contribution in [0.5, 0.6) is 5.75 Å². The van der Waals surface area contributed by atoms with Crippen LogP contribution in [0, 0.1) is 0 Å². The molecule has 1 heterocycles. The maximum absolute atomic E-state index is 11.2. The van der Waals surface area contributed by atoms with Gasteiger partial charge in [-0.25, -0.2) is 0 Å². The average molecular weight is 285 g/mol. The average Bonchev–Trinajstić information content (AvgIpc) is 2.38. The van der Waals surface area contributed by atoms with Crippen molar-refractivity contribution in [3.63, 3.8) is 0 Å². The van der Waals surface area contributed by atoms with E-state index in [4.69, 9.17) is 16.3 Å². The molecule has 1 fully saturated rings. The molecule has 2 rings (SSSR count). The van der Waals surface area contributed by atoms with E-state index in [1.54, 1.807) is 24.3 Å². The second-order valence-electron chi connectivity index (χ2n) is 4.50. The maximum Gasteiger partial charge on any atom is 0.234 e. The van der Waals surface area contributed by atoms with E-state index in [1.807, 2.05) is 4.90 Å². The molecule has 0 bridgehead atoms. The lowest BCUT2D eigenvalue weighted by atomic mass is 10.3. The van der Waals surface area contributed by atoms with Crippen LogP contribution >= 0.6 is 11.6 Å². The van der Waals surface area contributed by atoms with Gasteiger partial charge in [-0.1, -0.05) is 11.6 Å². The number of aliphatic hydroxyl groups excluding tert-OH is 1. The van der Waals surface area contributed by atoms with Crippen LogP contribution in [0.4, 0.5) is 0 Å². The lowest BCUT2D eigenvalue weighted by Crippen LogP contribution is -2.50. The van der Waals surface area contributed by atoms with E-state index in [0.717, 1.165) is 6.54 Å². The van der Waals surface area contributed by atoms with Crippen molar-refractivity contribution in [2.45, 2.75) is 6.10 Å². The lowest BCUT2D eigenvalue weighted by molar-refractivity contribution is -0.124. The van der Waals surface area contributed by atoms with Crippen LogP contribution in [0.1, 0.15) is 0 Å². The van der Waals surface area contributed by atoms with Gasteiger partial charge < -0.3 is 15.2 Å². The first-order chi connectivity index (χ1) is 9.13. The molecule has 0 aliphatic carbocycles. The number of hydrogen-bond donors (Lipinski definition) is 2. The number of β-amino-alcohol motifs (C(OH)–C–C–N with tert-alkyl or cyclic N) is 1. The summed E-state index contributed by atoms with van der Waals surface area (Å²) in [7, 11) is 0. The summed E-state index contributed by atoms with van der Waals surface area (Å²) >= 11 is 5.77. The largest absolute Gasteiger partial charge is 0.491 e. The van der Waals surface area contributed by atoms with Crippen molar-refractivity contribution in [3.8, 4) is 5.75 Å². The Bertz CT molecular complexity index is 424. The molecule has 1 aromatic carbocycles. The predicted octanol–water partition coefficient (Wildman–Crippen LogP) is 0.511. The summed E-state index contributed by atoms with van der Waals surface area (Å²) in [6.45, 7) is 2.34. The molecule has 2 N–H and O–H groups in total. The minimum atomic E-state index is -0.624. The van der Waals surface area contributed by atoms with Crippen molar-refractivity contribution in [1.29, 1.82) is 0 Å². The first-order valence-corrected chi connectivity index (χ1v) is 6.57. The second-order valence-corrected chi connectivity index (χ2v) is 4.94. The molecule has 19 heavy (non-hydrogen) atoms. The predicted molar refractivity (Wildman–Crippen MR) is 72.4 cm³/mol. The molecule has 104 valence electrons. The molecule has 0 aromatic heterocycles. The van der Waals surface area contributed by atoms with Crippen LogP contribution in [-0.2, 0) is 4.79 Å². The van der Waals surface area contributed by atoms with E-state index in [-0.39, 0.29) is 12.5 Å². The Labute approximate surface area is 117 Å². The summed E-state index contributed by atoms with van der Waals surface area (Å²) in [4.78, 5) is 13.1. The number of hydrogen-bond acceptors (Lipinski definition) is 4. The Balaban J connectivity index is 1.73. The molecule has 0 radical (unpaired) electrons. The number of piperazine rings is 1. The van der Waals surface area contributed by atoms with E-state index >= 15 is 0 Å². The van der Waals surface area contributed by atoms with Crippen molar-refractivity contribution in [2.24, 2.45) is 0 Å². The zero-order valence-electron chi connectivity index (χ0n) is 10.5. The van der Waals surface area contributed by atoms with E-state index in [0.29, 0.717) is 30.4 Å². The minimum Gasteiger partial charge on any atom is -0.491 e. The van der Waals surface area contributed by atoms with Crippen LogP contribution in [0.2, 0.25) is 5.02 Å². The number of rotatable bonds is 5. The summed E-state index contributed by atoms with van der Waals surface area (Å²) in [5.41, 5.74) is 0. The Hall–Kier alpha value is -1.30. The second kappa shape index (κ2) is 6.75. The Morgan fingerprint density at radius 2 is 2.16 bits per heavy atom. The number of ether oxygens (including phenoxy) is 1. The van der Waals surface area contributed by atoms with Crippen molar-refractivity contribution >= 4 is 17.5 Å². The fraction of sp³-hybridized carbons (Fsp3) is 0.462. The van der Waals surface area contributed by atoms with Crippen molar-refractivity contribution in [1.82, 2.24) is 10.2 Å². The highest BCUT2D eigenvalue weighted by molar-refractivity contribution is 6.30. The molecule has 1 saturated heterocycles. The van der Waals surface area contributed by atoms with E-state index in [2.05, 4.69) is 5.32 Å². The number of aliphatic hydroxyl groups is 1. The topological polar surface area (TPSA) is 61.8 Å². The number of carbonyl (C=O) groups is 1. The Morgan fingerprint density at radius 3 is 2.84 bits per heavy atom. The van der Waals surface area contributed by atoms with Crippen molar-refractivity contribution in [3.05, 3.63) is 29.3 Å². The smallest absolute Gasteiger partial charge is 0.234 e. The molecule has 1 atom stereocenters. The highest BCUT2D eigenvalue weighted by atomic mass is 35.5. The molecular formula is C13H17ClN2O3. The zero-order valence-corrected chi connectivity index (χ0v) is 11.3. The summed E-state index contributed by atoms with van der Waals surface area (Å²) in [5.74, 6) is 0.664. The van der Waals surface area contributed by atoms with Gasteiger partial charge in [0.2, 0.25) is 5.91 Å². The molecule has 1 aliphatic heterocycles. The lowest BCUT2D eigenvalue weighted by Gasteiger charge is -2.28. The Kier molecular flexibility index (Phi) is 5.01. The molecule has 0 saturated carbocycles. The fourth-order valence-electron chi connectivity index (χ4n) is 1.92. The molecule has 1 amide bonds. The fourth-order valence-corrected chi connectivity index (χ4v) is 2.05. The third-order valence-electron chi connectivity index (χ3n) is 2.84. The highest BCUT2D eigenvalue weighted by Gasteiger charge is 2.19. The number of nitrogens with one attached hydrogen (secondary N) is 1. The molecular weight excluding hydrogens is 268 g/mol. The Morgan fingerprint density at radius 1 is 1.42 bits per heavy atom. The van der Waals surface area contributed by atoms with Gasteiger partial charge in [-0.05, 0) is 24.3 Å². The minimum absolute atomic E-state index is 0.00271. The summed E-state index contributed by atoms with van der Waals surface area (Å²) in [5, 5.41) is 13.3. The van der Waals surface area contributed by atoms with Crippen molar-refractivity contribution < 1.29 is 14.6 Å². The van der Waals surface area contributed by atoms with E-state index in [1.165, 1.54) is 0 Å². The van der Waals surface area contributed by atoms with Crippen LogP contribution in [0.25, 0.3) is 0 Å². The summed E-state index contributed by atoms with van der Waals surface area (Å²) in [6, 6.07) is 6.98. The molecule has 1 unspecified atom stereocenters. The van der Waals surface area contributed by atoms with Crippen LogP contribution < -0.4 is 10.1 Å². The van der Waals surface area contributed by atoms with Crippen LogP contribution in [-0.4, -0.2) is 54.8 Å². The van der Waals surface area contributed by atoms with Gasteiger partial charge in [0.05, 0.1) is 6.54 Å². The number of benzene rings is 1. The third-order valence-corrected chi connectivity index (χ3v) is 3.09. The van der Waals surface area contributed by atoms with Gasteiger partial charge in [0.15, 0.2) is 0 Å². The highest BCUT2D eigenvalue weighted by Crippen LogP contribution is 2.15. The van der Waals surface area contributed by atoms with Crippen LogP contribution in [0.15, 0.2) is 24.3 Å². The first kappa shape index (κ1) is 14.1. The number of amides is 1. The molecule has 6 heteroatoms. The molecule has 1 aromatic rings. The van der Waals surface area contributed by atoms with E-state index < -0.39 is 6.10 Å². The van der Waals surface area contributed by atoms with Gasteiger partial charge in [0.1, 0.15) is 18.5 Å². The van der Waals surface area contributed by atoms with Gasteiger partial charge in [0, 0.05) is 24.7 Å². The number of halogens is 1. The van der Waals surface area contributed by atoms with Gasteiger partial charge in [-0.2, -0.15) is 0 Å². The number of carbonyl (C=O) groups excluding carboxylic acids is 1. The quantitative estimate of drug-likeness (QED) is 0.827. The van der Waals surface area contributed by atoms with E-state index in [9.17, 15) is 9.90 Å². The van der Waals surface area contributed by atoms with Crippen molar-refractivity contribution in [2.75, 3.05) is 32.8 Å². The van der Waals surface area contributed by atoms with Gasteiger partial charge in [-0.3, -0.25) is 9.69 Å². The number of nitrogens with zero attached hydrogens (tertiary/aromatic N) is 1. The van der Waals surface area contributed by atoms with Gasteiger partial charge in [0.25, 0.3) is 0 Å². The van der Waals surface area contributed by atoms with Crippen LogP contribution in [0.3, 0.4) is 0 Å². The molecule has 1 aliphatic rings. The van der Waals surface area contributed by atoms with Gasteiger partial charge >= 0.3 is 0 Å². The molecule has 5 nitrogen and oxygen atoms in total.